The lowest BCUT2D eigenvalue weighted by Crippen LogP contribution is -2.17. The molecule has 0 spiro atoms. The number of carbonyl (C=O) groups is 1. The van der Waals surface area contributed by atoms with Crippen LogP contribution in [-0.2, 0) is 11.2 Å². The Morgan fingerprint density at radius 3 is 2.41 bits per heavy atom. The topological polar surface area (TPSA) is 55.8 Å². The fraction of sp³-hybridized carbons (Fsp3) is 0.261. The smallest absolute Gasteiger partial charge is 0.338 e. The third-order valence-electron chi connectivity index (χ3n) is 4.46. The van der Waals surface area contributed by atoms with E-state index in [0.29, 0.717) is 28.0 Å². The number of benzene rings is 2. The van der Waals surface area contributed by atoms with E-state index in [1.807, 2.05) is 49.4 Å². The lowest BCUT2D eigenvalue weighted by molar-refractivity contribution is 0.0598. The molecule has 1 atom stereocenters. The first-order valence-corrected chi connectivity index (χ1v) is 8.77. The lowest BCUT2D eigenvalue weighted by atomic mass is 9.88. The number of aliphatic hydroxyl groups excluding tert-OH is 1. The van der Waals surface area contributed by atoms with Gasteiger partial charge in [-0.15, -0.1) is 0 Å². The minimum absolute atomic E-state index is 0.246. The maximum Gasteiger partial charge on any atom is 0.338 e. The molecule has 27 heavy (non-hydrogen) atoms. The van der Waals surface area contributed by atoms with E-state index in [0.717, 1.165) is 11.1 Å². The molecular formula is C23H26O4. The second-order valence-electron chi connectivity index (χ2n) is 6.34. The van der Waals surface area contributed by atoms with Gasteiger partial charge < -0.3 is 14.6 Å². The molecule has 4 nitrogen and oxygen atoms in total. The quantitative estimate of drug-likeness (QED) is 0.582. The molecule has 2 aromatic rings. The van der Waals surface area contributed by atoms with Crippen LogP contribution in [0.4, 0.5) is 0 Å². The SMILES string of the molecule is C=C(C)C(O)Cc1cc(OC)cc(/C(=C/C)c2ccccc2)c1C(=O)OC. The van der Waals surface area contributed by atoms with Crippen molar-refractivity contribution in [2.45, 2.75) is 26.4 Å². The van der Waals surface area contributed by atoms with Gasteiger partial charge in [-0.3, -0.25) is 0 Å². The fourth-order valence-corrected chi connectivity index (χ4v) is 2.99. The standard InChI is InChI=1S/C23H26O4/c1-6-19(16-10-8-7-9-11-16)20-14-18(26-4)12-17(13-21(24)15(2)3)22(20)23(25)27-5/h6-12,14,21,24H,2,13H2,1,3-5H3/b19-6+. The fourth-order valence-electron chi connectivity index (χ4n) is 2.99. The van der Waals surface area contributed by atoms with E-state index >= 15 is 0 Å². The van der Waals surface area contributed by atoms with E-state index in [2.05, 4.69) is 6.58 Å². The molecular weight excluding hydrogens is 340 g/mol. The van der Waals surface area contributed by atoms with Crippen molar-refractivity contribution in [1.82, 2.24) is 0 Å². The Kier molecular flexibility index (Phi) is 6.97. The van der Waals surface area contributed by atoms with Crippen molar-refractivity contribution in [2.24, 2.45) is 0 Å². The normalized spacial score (nSPS) is 12.4. The van der Waals surface area contributed by atoms with Crippen molar-refractivity contribution in [3.8, 4) is 5.75 Å². The molecule has 0 heterocycles. The first-order valence-electron chi connectivity index (χ1n) is 8.77. The number of carbonyl (C=O) groups excluding carboxylic acids is 1. The van der Waals surface area contributed by atoms with Gasteiger partial charge >= 0.3 is 5.97 Å². The van der Waals surface area contributed by atoms with Crippen LogP contribution in [0.2, 0.25) is 0 Å². The van der Waals surface area contributed by atoms with Gasteiger partial charge in [-0.1, -0.05) is 48.6 Å². The van der Waals surface area contributed by atoms with Gasteiger partial charge in [0.1, 0.15) is 5.75 Å². The van der Waals surface area contributed by atoms with Crippen LogP contribution in [0.15, 0.2) is 60.7 Å². The number of rotatable bonds is 7. The first-order chi connectivity index (χ1) is 12.9. The lowest BCUT2D eigenvalue weighted by Gasteiger charge is -2.19. The second-order valence-corrected chi connectivity index (χ2v) is 6.34. The van der Waals surface area contributed by atoms with E-state index < -0.39 is 12.1 Å². The summed E-state index contributed by atoms with van der Waals surface area (Å²) in [5, 5.41) is 10.3. The van der Waals surface area contributed by atoms with Crippen molar-refractivity contribution < 1.29 is 19.4 Å². The minimum atomic E-state index is -0.765. The summed E-state index contributed by atoms with van der Waals surface area (Å²) in [6.45, 7) is 7.48. The van der Waals surface area contributed by atoms with Crippen molar-refractivity contribution >= 4 is 11.5 Å². The van der Waals surface area contributed by atoms with Crippen LogP contribution in [0.3, 0.4) is 0 Å². The maximum absolute atomic E-state index is 12.7. The minimum Gasteiger partial charge on any atom is -0.497 e. The molecule has 0 saturated heterocycles. The number of ether oxygens (including phenoxy) is 2. The third kappa shape index (κ3) is 4.66. The third-order valence-corrected chi connectivity index (χ3v) is 4.46. The number of allylic oxidation sites excluding steroid dienone is 1. The monoisotopic (exact) mass is 366 g/mol. The summed E-state index contributed by atoms with van der Waals surface area (Å²) >= 11 is 0. The van der Waals surface area contributed by atoms with Gasteiger partial charge in [0, 0.05) is 12.0 Å². The van der Waals surface area contributed by atoms with Crippen molar-refractivity contribution in [2.75, 3.05) is 14.2 Å². The molecule has 2 aromatic carbocycles. The highest BCUT2D eigenvalue weighted by Crippen LogP contribution is 2.33. The molecule has 0 aliphatic carbocycles. The van der Waals surface area contributed by atoms with Crippen LogP contribution in [0, 0.1) is 0 Å². The molecule has 1 N–H and O–H groups in total. The Hall–Kier alpha value is -2.85. The summed E-state index contributed by atoms with van der Waals surface area (Å²) in [4.78, 5) is 12.7. The Balaban J connectivity index is 2.74. The predicted octanol–water partition coefficient (Wildman–Crippen LogP) is 4.41. The van der Waals surface area contributed by atoms with Gasteiger partial charge in [0.2, 0.25) is 0 Å². The summed E-state index contributed by atoms with van der Waals surface area (Å²) in [7, 11) is 2.93. The van der Waals surface area contributed by atoms with Crippen LogP contribution in [0.1, 0.15) is 40.9 Å². The zero-order valence-corrected chi connectivity index (χ0v) is 16.3. The highest BCUT2D eigenvalue weighted by atomic mass is 16.5. The van der Waals surface area contributed by atoms with Gasteiger partial charge in [0.15, 0.2) is 0 Å². The molecule has 142 valence electrons. The van der Waals surface area contributed by atoms with Crippen molar-refractivity contribution in [3.05, 3.63) is 82.9 Å². The molecule has 0 bridgehead atoms. The average molecular weight is 366 g/mol. The van der Waals surface area contributed by atoms with E-state index in [9.17, 15) is 9.90 Å². The summed E-state index contributed by atoms with van der Waals surface area (Å²) < 4.78 is 10.5. The van der Waals surface area contributed by atoms with Gasteiger partial charge in [-0.2, -0.15) is 0 Å². The van der Waals surface area contributed by atoms with Crippen LogP contribution in [0.5, 0.6) is 5.75 Å². The van der Waals surface area contributed by atoms with E-state index in [1.165, 1.54) is 7.11 Å². The molecule has 4 heteroatoms. The van der Waals surface area contributed by atoms with E-state index in [4.69, 9.17) is 9.47 Å². The maximum atomic E-state index is 12.7. The van der Waals surface area contributed by atoms with Gasteiger partial charge in [-0.25, -0.2) is 4.79 Å². The zero-order chi connectivity index (χ0) is 20.0. The molecule has 0 aliphatic rings. The van der Waals surface area contributed by atoms with Crippen LogP contribution in [0.25, 0.3) is 5.57 Å². The number of aliphatic hydroxyl groups is 1. The van der Waals surface area contributed by atoms with E-state index in [1.54, 1.807) is 20.1 Å². The number of hydrogen-bond donors (Lipinski definition) is 1. The largest absolute Gasteiger partial charge is 0.497 e. The Morgan fingerprint density at radius 1 is 1.22 bits per heavy atom. The Bertz CT molecular complexity index is 850. The predicted molar refractivity (Wildman–Crippen MR) is 108 cm³/mol. The molecule has 0 aromatic heterocycles. The van der Waals surface area contributed by atoms with E-state index in [-0.39, 0.29) is 6.42 Å². The van der Waals surface area contributed by atoms with Crippen LogP contribution in [-0.4, -0.2) is 31.4 Å². The molecule has 1 unspecified atom stereocenters. The Labute approximate surface area is 160 Å². The van der Waals surface area contributed by atoms with Gasteiger partial charge in [0.25, 0.3) is 0 Å². The molecule has 0 radical (unpaired) electrons. The molecule has 0 amide bonds. The summed E-state index contributed by atoms with van der Waals surface area (Å²) in [5.41, 5.74) is 4.28. The Morgan fingerprint density at radius 2 is 1.89 bits per heavy atom. The number of hydrogen-bond acceptors (Lipinski definition) is 4. The highest BCUT2D eigenvalue weighted by molar-refractivity contribution is 5.99. The molecule has 0 saturated carbocycles. The zero-order valence-electron chi connectivity index (χ0n) is 16.3. The van der Waals surface area contributed by atoms with Crippen LogP contribution < -0.4 is 4.74 Å². The number of methoxy groups -OCH3 is 2. The second kappa shape index (κ2) is 9.19. The summed E-state index contributed by atoms with van der Waals surface area (Å²) in [6.07, 6.45) is 1.43. The van der Waals surface area contributed by atoms with Crippen LogP contribution >= 0.6 is 0 Å². The number of esters is 1. The molecule has 0 fully saturated rings. The highest BCUT2D eigenvalue weighted by Gasteiger charge is 2.23. The summed E-state index contributed by atoms with van der Waals surface area (Å²) in [5.74, 6) is 0.156. The summed E-state index contributed by atoms with van der Waals surface area (Å²) in [6, 6.07) is 13.4. The average Bonchev–Trinajstić information content (AvgIpc) is 2.68. The van der Waals surface area contributed by atoms with Gasteiger partial charge in [-0.05, 0) is 42.7 Å². The molecule has 0 aliphatic heterocycles. The van der Waals surface area contributed by atoms with Gasteiger partial charge in [0.05, 0.1) is 25.9 Å². The first kappa shape index (κ1) is 20.5. The van der Waals surface area contributed by atoms with Crippen molar-refractivity contribution in [3.63, 3.8) is 0 Å². The molecule has 2 rings (SSSR count). The van der Waals surface area contributed by atoms with Crippen molar-refractivity contribution in [1.29, 1.82) is 0 Å².